The predicted molar refractivity (Wildman–Crippen MR) is 25.6 cm³/mol. The minimum absolute atomic E-state index is 0.583. The average Bonchev–Trinajstić information content (AvgIpc) is 1.64. The van der Waals surface area contributed by atoms with Crippen molar-refractivity contribution in [3.05, 3.63) is 0 Å². The van der Waals surface area contributed by atoms with Gasteiger partial charge in [0.05, 0.1) is 0 Å². The van der Waals surface area contributed by atoms with Crippen LogP contribution >= 0.6 is 0 Å². The van der Waals surface area contributed by atoms with Crippen molar-refractivity contribution < 1.29 is 15.0 Å². The summed E-state index contributed by atoms with van der Waals surface area (Å²) in [5.74, 6) is 0. The normalized spacial score (nSPS) is 9.50. The van der Waals surface area contributed by atoms with Crippen LogP contribution in [0.25, 0.3) is 0 Å². The number of urea groups is 1. The van der Waals surface area contributed by atoms with Crippen LogP contribution in [0.2, 0.25) is 0 Å². The molecular formula is C3H8N2O3. The van der Waals surface area contributed by atoms with E-state index in [1.807, 2.05) is 0 Å². The van der Waals surface area contributed by atoms with Gasteiger partial charge in [0.1, 0.15) is 0 Å². The molecule has 2 amide bonds. The third-order valence-electron chi connectivity index (χ3n) is 0.694. The molecule has 0 spiro atoms. The monoisotopic (exact) mass is 120 g/mol. The van der Waals surface area contributed by atoms with E-state index in [-0.39, 0.29) is 0 Å². The Bertz CT molecular complexity index is 92.5. The van der Waals surface area contributed by atoms with Crippen LogP contribution in [0.1, 0.15) is 0 Å². The molecule has 0 radical (unpaired) electrons. The van der Waals surface area contributed by atoms with Crippen molar-refractivity contribution >= 4 is 6.03 Å². The number of rotatable bonds is 1. The molecule has 48 valence electrons. The number of primary amides is 1. The molecule has 0 aliphatic rings. The number of aliphatic hydroxyl groups is 2. The van der Waals surface area contributed by atoms with Gasteiger partial charge in [0.2, 0.25) is 6.41 Å². The molecule has 4 N–H and O–H groups in total. The summed E-state index contributed by atoms with van der Waals surface area (Å²) in [4.78, 5) is 10.6. The van der Waals surface area contributed by atoms with Crippen LogP contribution in [0.3, 0.4) is 0 Å². The molecule has 0 bridgehead atoms. The topological polar surface area (TPSA) is 86.8 Å². The minimum Gasteiger partial charge on any atom is -0.351 e. The number of nitrogens with zero attached hydrogens (tertiary/aromatic N) is 1. The fraction of sp³-hybridized carbons (Fsp3) is 0.667. The number of hydrogen-bond acceptors (Lipinski definition) is 3. The molecule has 0 aliphatic heterocycles. The largest absolute Gasteiger partial charge is 0.351 e. The lowest BCUT2D eigenvalue weighted by molar-refractivity contribution is -0.122. The third-order valence-corrected chi connectivity index (χ3v) is 0.694. The average molecular weight is 120 g/mol. The smallest absolute Gasteiger partial charge is 0.318 e. The maximum atomic E-state index is 9.97. The first-order valence-electron chi connectivity index (χ1n) is 1.94. The molecule has 0 atom stereocenters. The second kappa shape index (κ2) is 2.49. The number of nitrogens with two attached hydrogens (primary N) is 1. The van der Waals surface area contributed by atoms with Crippen LogP contribution < -0.4 is 5.73 Å². The molecule has 0 aromatic heterocycles. The van der Waals surface area contributed by atoms with E-state index < -0.39 is 12.4 Å². The maximum Gasteiger partial charge on any atom is 0.318 e. The first-order chi connectivity index (χ1) is 3.55. The van der Waals surface area contributed by atoms with Gasteiger partial charge < -0.3 is 15.9 Å². The zero-order chi connectivity index (χ0) is 6.73. The van der Waals surface area contributed by atoms with E-state index in [0.717, 1.165) is 0 Å². The summed E-state index contributed by atoms with van der Waals surface area (Å²) in [5.41, 5.74) is 4.60. The Morgan fingerprint density at radius 2 is 2.12 bits per heavy atom. The van der Waals surface area contributed by atoms with Crippen LogP contribution in [0.5, 0.6) is 0 Å². The van der Waals surface area contributed by atoms with E-state index in [0.29, 0.717) is 4.90 Å². The molecule has 0 saturated carbocycles. The van der Waals surface area contributed by atoms with E-state index >= 15 is 0 Å². The van der Waals surface area contributed by atoms with Gasteiger partial charge in [0.25, 0.3) is 0 Å². The highest BCUT2D eigenvalue weighted by molar-refractivity contribution is 5.71. The number of carbonyl (C=O) groups is 1. The van der Waals surface area contributed by atoms with Crippen molar-refractivity contribution in [2.45, 2.75) is 6.41 Å². The van der Waals surface area contributed by atoms with Crippen LogP contribution in [0.15, 0.2) is 0 Å². The molecule has 5 heteroatoms. The SMILES string of the molecule is CN(C(N)=O)C(O)O. The van der Waals surface area contributed by atoms with Crippen molar-refractivity contribution in [2.24, 2.45) is 5.73 Å². The fourth-order valence-corrected chi connectivity index (χ4v) is 0.114. The molecule has 0 fully saturated rings. The second-order valence-corrected chi connectivity index (χ2v) is 1.30. The molecule has 8 heavy (non-hydrogen) atoms. The summed E-state index contributed by atoms with van der Waals surface area (Å²) in [6.07, 6.45) is -1.80. The van der Waals surface area contributed by atoms with E-state index in [9.17, 15) is 4.79 Å². The summed E-state index contributed by atoms with van der Waals surface area (Å²) in [7, 11) is 1.17. The maximum absolute atomic E-state index is 9.97. The number of hydrogen-bond donors (Lipinski definition) is 3. The number of amides is 2. The van der Waals surface area contributed by atoms with Gasteiger partial charge in [-0.2, -0.15) is 0 Å². The van der Waals surface area contributed by atoms with Crippen molar-refractivity contribution in [2.75, 3.05) is 7.05 Å². The van der Waals surface area contributed by atoms with Gasteiger partial charge in [-0.3, -0.25) is 4.90 Å². The Morgan fingerprint density at radius 1 is 1.75 bits per heavy atom. The van der Waals surface area contributed by atoms with Gasteiger partial charge in [0.15, 0.2) is 0 Å². The molecule has 0 aliphatic carbocycles. The lowest BCUT2D eigenvalue weighted by atomic mass is 10.8. The highest BCUT2D eigenvalue weighted by Crippen LogP contribution is 1.83. The van der Waals surface area contributed by atoms with Crippen molar-refractivity contribution in [3.8, 4) is 0 Å². The lowest BCUT2D eigenvalue weighted by Crippen LogP contribution is -2.40. The highest BCUT2D eigenvalue weighted by Gasteiger charge is 2.08. The first-order valence-corrected chi connectivity index (χ1v) is 1.94. The van der Waals surface area contributed by atoms with E-state index in [1.165, 1.54) is 7.05 Å². The summed E-state index contributed by atoms with van der Waals surface area (Å²) in [5, 5.41) is 16.3. The zero-order valence-corrected chi connectivity index (χ0v) is 4.40. The van der Waals surface area contributed by atoms with Gasteiger partial charge in [-0.25, -0.2) is 4.79 Å². The molecule has 0 aromatic rings. The standard InChI is InChI=1S/C3H8N2O3/c1-5(2(4)6)3(7)8/h3,7-8H,1H3,(H2,4,6). The Morgan fingerprint density at radius 3 is 2.12 bits per heavy atom. The third kappa shape index (κ3) is 1.76. The summed E-state index contributed by atoms with van der Waals surface area (Å²) >= 11 is 0. The Balaban J connectivity index is 3.64. The van der Waals surface area contributed by atoms with Gasteiger partial charge in [-0.15, -0.1) is 0 Å². The van der Waals surface area contributed by atoms with Crippen LogP contribution in [-0.4, -0.2) is 34.6 Å². The molecule has 0 saturated heterocycles. The quantitative estimate of drug-likeness (QED) is 0.359. The Kier molecular flexibility index (Phi) is 2.23. The number of aliphatic hydroxyl groups excluding tert-OH is 1. The molecule has 0 heterocycles. The van der Waals surface area contributed by atoms with Crippen molar-refractivity contribution in [1.29, 1.82) is 0 Å². The van der Waals surface area contributed by atoms with E-state index in [1.54, 1.807) is 0 Å². The van der Waals surface area contributed by atoms with Gasteiger partial charge in [-0.1, -0.05) is 0 Å². The summed E-state index contributed by atoms with van der Waals surface area (Å²) < 4.78 is 0. The van der Waals surface area contributed by atoms with E-state index in [2.05, 4.69) is 5.73 Å². The second-order valence-electron chi connectivity index (χ2n) is 1.30. The first kappa shape index (κ1) is 7.19. The molecule has 0 rings (SSSR count). The van der Waals surface area contributed by atoms with Crippen LogP contribution in [0, 0.1) is 0 Å². The highest BCUT2D eigenvalue weighted by atomic mass is 16.5. The summed E-state index contributed by atoms with van der Waals surface area (Å²) in [6, 6.07) is -0.875. The Labute approximate surface area is 46.3 Å². The Hall–Kier alpha value is -0.810. The molecule has 0 unspecified atom stereocenters. The van der Waals surface area contributed by atoms with Crippen LogP contribution in [0.4, 0.5) is 4.79 Å². The van der Waals surface area contributed by atoms with Crippen molar-refractivity contribution in [1.82, 2.24) is 4.90 Å². The van der Waals surface area contributed by atoms with Gasteiger partial charge in [-0.05, 0) is 0 Å². The van der Waals surface area contributed by atoms with Crippen LogP contribution in [-0.2, 0) is 0 Å². The van der Waals surface area contributed by atoms with E-state index in [4.69, 9.17) is 10.2 Å². The molecule has 5 nitrogen and oxygen atoms in total. The zero-order valence-electron chi connectivity index (χ0n) is 4.40. The minimum atomic E-state index is -1.80. The van der Waals surface area contributed by atoms with Crippen molar-refractivity contribution in [3.63, 3.8) is 0 Å². The fourth-order valence-electron chi connectivity index (χ4n) is 0.114. The summed E-state index contributed by atoms with van der Waals surface area (Å²) in [6.45, 7) is 0. The number of carbonyl (C=O) groups excluding carboxylic acids is 1. The molecule has 0 aromatic carbocycles. The molecular weight excluding hydrogens is 112 g/mol. The van der Waals surface area contributed by atoms with Gasteiger partial charge in [0, 0.05) is 7.05 Å². The predicted octanol–water partition coefficient (Wildman–Crippen LogP) is -1.73. The lowest BCUT2D eigenvalue weighted by Gasteiger charge is -2.14. The van der Waals surface area contributed by atoms with Gasteiger partial charge >= 0.3 is 6.03 Å².